The third kappa shape index (κ3) is 5.51. The van der Waals surface area contributed by atoms with Crippen LogP contribution >= 0.6 is 0 Å². The second-order valence-corrected chi connectivity index (χ2v) is 7.15. The zero-order chi connectivity index (χ0) is 19.0. The molecular weight excluding hydrogens is 346 g/mol. The number of hydrogen-bond donors (Lipinski definition) is 2. The SMILES string of the molecule is O=C(NCCN1CCOCC1)C(=O)NCC1(c2ccccc2)CCOCC1. The fraction of sp³-hybridized carbons (Fsp3) is 0.600. The lowest BCUT2D eigenvalue weighted by molar-refractivity contribution is -0.139. The molecule has 0 atom stereocenters. The van der Waals surface area contributed by atoms with Gasteiger partial charge in [-0.1, -0.05) is 30.3 Å². The summed E-state index contributed by atoms with van der Waals surface area (Å²) in [6.07, 6.45) is 1.66. The predicted octanol–water partition coefficient (Wildman–Crippen LogP) is 0.299. The van der Waals surface area contributed by atoms with Crippen LogP contribution in [0, 0.1) is 0 Å². The minimum absolute atomic E-state index is 0.177. The van der Waals surface area contributed by atoms with Gasteiger partial charge in [0.2, 0.25) is 0 Å². The molecule has 2 aliphatic heterocycles. The number of carbonyl (C=O) groups is 2. The highest BCUT2D eigenvalue weighted by atomic mass is 16.5. The highest BCUT2D eigenvalue weighted by molar-refractivity contribution is 6.35. The summed E-state index contributed by atoms with van der Waals surface area (Å²) >= 11 is 0. The van der Waals surface area contributed by atoms with Gasteiger partial charge in [-0.2, -0.15) is 0 Å². The van der Waals surface area contributed by atoms with E-state index in [4.69, 9.17) is 9.47 Å². The van der Waals surface area contributed by atoms with E-state index in [1.807, 2.05) is 18.2 Å². The molecule has 2 amide bonds. The Morgan fingerprint density at radius 2 is 1.56 bits per heavy atom. The maximum Gasteiger partial charge on any atom is 0.309 e. The van der Waals surface area contributed by atoms with Gasteiger partial charge in [-0.15, -0.1) is 0 Å². The zero-order valence-electron chi connectivity index (χ0n) is 15.7. The van der Waals surface area contributed by atoms with Crippen molar-refractivity contribution in [3.63, 3.8) is 0 Å². The largest absolute Gasteiger partial charge is 0.381 e. The van der Waals surface area contributed by atoms with E-state index in [1.54, 1.807) is 0 Å². The van der Waals surface area contributed by atoms with Crippen LogP contribution in [0.25, 0.3) is 0 Å². The molecule has 2 heterocycles. The molecule has 148 valence electrons. The van der Waals surface area contributed by atoms with Crippen LogP contribution in [0.5, 0.6) is 0 Å². The number of nitrogens with zero attached hydrogens (tertiary/aromatic N) is 1. The molecule has 0 bridgehead atoms. The van der Waals surface area contributed by atoms with Gasteiger partial charge in [-0.05, 0) is 18.4 Å². The molecule has 2 N–H and O–H groups in total. The van der Waals surface area contributed by atoms with E-state index in [-0.39, 0.29) is 5.41 Å². The van der Waals surface area contributed by atoms with Crippen LogP contribution < -0.4 is 10.6 Å². The van der Waals surface area contributed by atoms with E-state index in [0.29, 0.717) is 26.3 Å². The van der Waals surface area contributed by atoms with Gasteiger partial charge in [0, 0.05) is 51.4 Å². The molecule has 1 aromatic carbocycles. The molecule has 2 saturated heterocycles. The first-order chi connectivity index (χ1) is 13.2. The number of rotatable bonds is 6. The first kappa shape index (κ1) is 19.8. The average Bonchev–Trinajstić information content (AvgIpc) is 2.74. The highest BCUT2D eigenvalue weighted by Crippen LogP contribution is 2.34. The van der Waals surface area contributed by atoms with Crippen molar-refractivity contribution < 1.29 is 19.1 Å². The maximum absolute atomic E-state index is 12.3. The monoisotopic (exact) mass is 375 g/mol. The van der Waals surface area contributed by atoms with Crippen molar-refractivity contribution in [2.24, 2.45) is 0 Å². The molecule has 0 saturated carbocycles. The van der Waals surface area contributed by atoms with Gasteiger partial charge in [0.05, 0.1) is 13.2 Å². The summed E-state index contributed by atoms with van der Waals surface area (Å²) in [5.41, 5.74) is 1.00. The summed E-state index contributed by atoms with van der Waals surface area (Å²) in [6.45, 7) is 6.13. The summed E-state index contributed by atoms with van der Waals surface area (Å²) in [6, 6.07) is 10.2. The van der Waals surface area contributed by atoms with Crippen LogP contribution in [0.3, 0.4) is 0 Å². The van der Waals surface area contributed by atoms with Gasteiger partial charge >= 0.3 is 11.8 Å². The van der Waals surface area contributed by atoms with Crippen molar-refractivity contribution in [1.29, 1.82) is 0 Å². The van der Waals surface area contributed by atoms with E-state index in [0.717, 1.165) is 45.7 Å². The normalized spacial score (nSPS) is 20.0. The number of carbonyl (C=O) groups excluding carboxylic acids is 2. The third-order valence-electron chi connectivity index (χ3n) is 5.45. The Labute approximate surface area is 160 Å². The molecule has 27 heavy (non-hydrogen) atoms. The molecule has 7 heteroatoms. The van der Waals surface area contributed by atoms with E-state index < -0.39 is 11.8 Å². The van der Waals surface area contributed by atoms with Crippen molar-refractivity contribution in [1.82, 2.24) is 15.5 Å². The lowest BCUT2D eigenvalue weighted by Gasteiger charge is -2.37. The summed E-state index contributed by atoms with van der Waals surface area (Å²) in [5.74, 6) is -1.14. The highest BCUT2D eigenvalue weighted by Gasteiger charge is 2.35. The van der Waals surface area contributed by atoms with Crippen LogP contribution in [0.2, 0.25) is 0 Å². The minimum atomic E-state index is -0.571. The Morgan fingerprint density at radius 3 is 2.26 bits per heavy atom. The number of nitrogens with one attached hydrogen (secondary N) is 2. The number of amides is 2. The van der Waals surface area contributed by atoms with Gasteiger partial charge in [-0.3, -0.25) is 14.5 Å². The second kappa shape index (κ2) is 9.82. The third-order valence-corrected chi connectivity index (χ3v) is 5.45. The van der Waals surface area contributed by atoms with Gasteiger partial charge in [0.25, 0.3) is 0 Å². The minimum Gasteiger partial charge on any atom is -0.381 e. The van der Waals surface area contributed by atoms with Crippen LogP contribution in [0.15, 0.2) is 30.3 Å². The number of benzene rings is 1. The Morgan fingerprint density at radius 1 is 0.926 bits per heavy atom. The van der Waals surface area contributed by atoms with Crippen molar-refractivity contribution in [3.8, 4) is 0 Å². The smallest absolute Gasteiger partial charge is 0.309 e. The number of morpholine rings is 1. The second-order valence-electron chi connectivity index (χ2n) is 7.15. The first-order valence-electron chi connectivity index (χ1n) is 9.69. The molecule has 2 fully saturated rings. The van der Waals surface area contributed by atoms with Crippen LogP contribution in [-0.4, -0.2) is 75.9 Å². The number of hydrogen-bond acceptors (Lipinski definition) is 5. The standard InChI is InChI=1S/C20H29N3O4/c24-18(21-8-9-23-10-14-27-15-11-23)19(25)22-16-20(6-12-26-13-7-20)17-4-2-1-3-5-17/h1-5H,6-16H2,(H,21,24)(H,22,25). The van der Waals surface area contributed by atoms with Gasteiger partial charge in [0.1, 0.15) is 0 Å². The van der Waals surface area contributed by atoms with E-state index in [9.17, 15) is 9.59 Å². The van der Waals surface area contributed by atoms with Crippen molar-refractivity contribution >= 4 is 11.8 Å². The summed E-state index contributed by atoms with van der Waals surface area (Å²) in [4.78, 5) is 26.6. The molecule has 0 aromatic heterocycles. The summed E-state index contributed by atoms with van der Waals surface area (Å²) in [5, 5.41) is 5.55. The van der Waals surface area contributed by atoms with Crippen LogP contribution in [-0.2, 0) is 24.5 Å². The molecule has 2 aliphatic rings. The Hall–Kier alpha value is -1.96. The summed E-state index contributed by atoms with van der Waals surface area (Å²) < 4.78 is 10.8. The summed E-state index contributed by atoms with van der Waals surface area (Å²) in [7, 11) is 0. The lowest BCUT2D eigenvalue weighted by atomic mass is 9.74. The molecule has 0 spiro atoms. The molecule has 0 radical (unpaired) electrons. The predicted molar refractivity (Wildman–Crippen MR) is 101 cm³/mol. The lowest BCUT2D eigenvalue weighted by Crippen LogP contribution is -2.49. The Bertz CT molecular complexity index is 611. The van der Waals surface area contributed by atoms with E-state index in [1.165, 1.54) is 5.56 Å². The Balaban J connectivity index is 1.47. The molecule has 0 unspecified atom stereocenters. The molecule has 3 rings (SSSR count). The molecular formula is C20H29N3O4. The van der Waals surface area contributed by atoms with Gasteiger partial charge in [0.15, 0.2) is 0 Å². The fourth-order valence-corrected chi connectivity index (χ4v) is 3.68. The fourth-order valence-electron chi connectivity index (χ4n) is 3.68. The van der Waals surface area contributed by atoms with E-state index in [2.05, 4.69) is 27.7 Å². The number of ether oxygens (including phenoxy) is 2. The van der Waals surface area contributed by atoms with Crippen LogP contribution in [0.1, 0.15) is 18.4 Å². The Kier molecular flexibility index (Phi) is 7.20. The molecule has 1 aromatic rings. The van der Waals surface area contributed by atoms with Crippen molar-refractivity contribution in [2.75, 3.05) is 59.2 Å². The zero-order valence-corrected chi connectivity index (χ0v) is 15.7. The van der Waals surface area contributed by atoms with Crippen molar-refractivity contribution in [3.05, 3.63) is 35.9 Å². The van der Waals surface area contributed by atoms with Gasteiger partial charge < -0.3 is 20.1 Å². The maximum atomic E-state index is 12.3. The topological polar surface area (TPSA) is 79.9 Å². The van der Waals surface area contributed by atoms with Crippen LogP contribution in [0.4, 0.5) is 0 Å². The van der Waals surface area contributed by atoms with Crippen molar-refractivity contribution in [2.45, 2.75) is 18.3 Å². The quantitative estimate of drug-likeness (QED) is 0.699. The van der Waals surface area contributed by atoms with E-state index >= 15 is 0 Å². The molecule has 0 aliphatic carbocycles. The van der Waals surface area contributed by atoms with Gasteiger partial charge in [-0.25, -0.2) is 0 Å². The molecule has 7 nitrogen and oxygen atoms in total. The average molecular weight is 375 g/mol. The first-order valence-corrected chi connectivity index (χ1v) is 9.69.